The van der Waals surface area contributed by atoms with Crippen LogP contribution < -0.4 is 0 Å². The molecule has 4 nitrogen and oxygen atoms in total. The zero-order valence-electron chi connectivity index (χ0n) is 10.8. The summed E-state index contributed by atoms with van der Waals surface area (Å²) >= 11 is 0. The van der Waals surface area contributed by atoms with Gasteiger partial charge in [-0.25, -0.2) is 0 Å². The first kappa shape index (κ1) is 13.3. The lowest BCUT2D eigenvalue weighted by Crippen LogP contribution is -2.30. The van der Waals surface area contributed by atoms with Crippen LogP contribution in [0.15, 0.2) is 18.2 Å². The van der Waals surface area contributed by atoms with Gasteiger partial charge in [0.25, 0.3) is 11.8 Å². The molecule has 2 rings (SSSR count). The summed E-state index contributed by atoms with van der Waals surface area (Å²) in [6.07, 6.45) is 1.20. The van der Waals surface area contributed by atoms with Crippen molar-refractivity contribution in [1.82, 2.24) is 4.90 Å². The number of unbranched alkanes of at least 4 members (excludes halogenated alkanes) is 1. The number of carbonyl (C=O) groups is 2. The van der Waals surface area contributed by atoms with Crippen LogP contribution in [0.25, 0.3) is 0 Å². The minimum absolute atomic E-state index is 0.0689. The molecule has 1 aliphatic rings. The van der Waals surface area contributed by atoms with Crippen LogP contribution in [0.3, 0.4) is 0 Å². The summed E-state index contributed by atoms with van der Waals surface area (Å²) in [5.41, 5.74) is 1.60. The Bertz CT molecular complexity index is 581. The highest BCUT2D eigenvalue weighted by molar-refractivity contribution is 6.21. The van der Waals surface area contributed by atoms with Gasteiger partial charge >= 0.3 is 0 Å². The predicted molar refractivity (Wildman–Crippen MR) is 70.7 cm³/mol. The van der Waals surface area contributed by atoms with Gasteiger partial charge in [-0.3, -0.25) is 14.5 Å². The van der Waals surface area contributed by atoms with Crippen molar-refractivity contribution in [3.05, 3.63) is 34.9 Å². The van der Waals surface area contributed by atoms with Crippen molar-refractivity contribution >= 4 is 11.8 Å². The first-order valence-electron chi connectivity index (χ1n) is 6.23. The van der Waals surface area contributed by atoms with E-state index in [9.17, 15) is 9.59 Å². The molecule has 98 valence electrons. The molecule has 0 spiro atoms. The molecule has 0 atom stereocenters. The average molecular weight is 257 g/mol. The lowest BCUT2D eigenvalue weighted by molar-refractivity contribution is 0.0649. The topological polar surface area (TPSA) is 57.6 Å². The van der Waals surface area contributed by atoms with E-state index in [1.54, 1.807) is 25.1 Å². The van der Waals surface area contributed by atoms with Gasteiger partial charge in [-0.05, 0) is 38.0 Å². The molecule has 19 heavy (non-hydrogen) atoms. The molecule has 1 aromatic carbocycles. The van der Waals surface area contributed by atoms with Crippen molar-refractivity contribution in [3.8, 4) is 11.8 Å². The summed E-state index contributed by atoms with van der Waals surface area (Å²) in [4.78, 5) is 25.5. The number of rotatable bonds is 4. The lowest BCUT2D eigenvalue weighted by atomic mass is 10.1. The molecular formula is C15H15NO3. The van der Waals surface area contributed by atoms with Crippen LogP contribution >= 0.6 is 0 Å². The molecule has 0 aliphatic carbocycles. The second-order valence-corrected chi connectivity index (χ2v) is 4.33. The van der Waals surface area contributed by atoms with Crippen LogP contribution in [0.5, 0.6) is 0 Å². The SMILES string of the molecule is CC#Cc1ccc2c(c1)C(=O)N(CCCCO)C2=O. The van der Waals surface area contributed by atoms with E-state index in [0.29, 0.717) is 30.5 Å². The monoisotopic (exact) mass is 257 g/mol. The number of fused-ring (bicyclic) bond motifs is 1. The van der Waals surface area contributed by atoms with Gasteiger partial charge in [0, 0.05) is 18.7 Å². The Kier molecular flexibility index (Phi) is 3.98. The van der Waals surface area contributed by atoms with E-state index < -0.39 is 0 Å². The van der Waals surface area contributed by atoms with Crippen molar-refractivity contribution in [3.63, 3.8) is 0 Å². The summed E-state index contributed by atoms with van der Waals surface area (Å²) in [6, 6.07) is 5.07. The number of aliphatic hydroxyl groups is 1. The quantitative estimate of drug-likeness (QED) is 0.504. The molecule has 2 amide bonds. The zero-order valence-corrected chi connectivity index (χ0v) is 10.8. The molecule has 4 heteroatoms. The second-order valence-electron chi connectivity index (χ2n) is 4.33. The van der Waals surface area contributed by atoms with Gasteiger partial charge in [0.2, 0.25) is 0 Å². The van der Waals surface area contributed by atoms with Gasteiger partial charge in [0.05, 0.1) is 11.1 Å². The molecule has 1 N–H and O–H groups in total. The molecule has 0 saturated carbocycles. The van der Waals surface area contributed by atoms with E-state index >= 15 is 0 Å². The van der Waals surface area contributed by atoms with Gasteiger partial charge in [0.1, 0.15) is 0 Å². The van der Waals surface area contributed by atoms with E-state index in [4.69, 9.17) is 5.11 Å². The molecule has 0 fully saturated rings. The van der Waals surface area contributed by atoms with E-state index in [2.05, 4.69) is 11.8 Å². The molecule has 1 aromatic rings. The smallest absolute Gasteiger partial charge is 0.261 e. The summed E-state index contributed by atoms with van der Waals surface area (Å²) in [5.74, 6) is 5.12. The van der Waals surface area contributed by atoms with E-state index in [0.717, 1.165) is 5.56 Å². The minimum Gasteiger partial charge on any atom is -0.396 e. The Hall–Kier alpha value is -2.12. The third-order valence-corrected chi connectivity index (χ3v) is 3.03. The van der Waals surface area contributed by atoms with E-state index in [1.807, 2.05) is 0 Å². The van der Waals surface area contributed by atoms with Crippen LogP contribution in [-0.2, 0) is 0 Å². The molecular weight excluding hydrogens is 242 g/mol. The number of nitrogens with zero attached hydrogens (tertiary/aromatic N) is 1. The fourth-order valence-electron chi connectivity index (χ4n) is 2.10. The standard InChI is InChI=1S/C15H15NO3/c1-2-5-11-6-7-12-13(10-11)15(19)16(14(12)18)8-3-4-9-17/h6-7,10,17H,3-4,8-9H2,1H3. The molecule has 1 heterocycles. The Balaban J connectivity index is 2.25. The number of hydrogen-bond donors (Lipinski definition) is 1. The second kappa shape index (κ2) is 5.68. The highest BCUT2D eigenvalue weighted by Crippen LogP contribution is 2.24. The van der Waals surface area contributed by atoms with Crippen molar-refractivity contribution in [2.75, 3.05) is 13.2 Å². The van der Waals surface area contributed by atoms with Crippen LogP contribution in [0, 0.1) is 11.8 Å². The first-order chi connectivity index (χ1) is 9.19. The number of hydrogen-bond acceptors (Lipinski definition) is 3. The molecule has 0 saturated heterocycles. The highest BCUT2D eigenvalue weighted by atomic mass is 16.3. The largest absolute Gasteiger partial charge is 0.396 e. The van der Waals surface area contributed by atoms with Gasteiger partial charge in [-0.1, -0.05) is 5.92 Å². The zero-order chi connectivity index (χ0) is 13.8. The van der Waals surface area contributed by atoms with Crippen molar-refractivity contribution in [1.29, 1.82) is 0 Å². The molecule has 0 radical (unpaired) electrons. The summed E-state index contributed by atoms with van der Waals surface area (Å²) in [6.45, 7) is 2.14. The normalized spacial score (nSPS) is 13.3. The predicted octanol–water partition coefficient (Wildman–Crippen LogP) is 1.43. The van der Waals surface area contributed by atoms with Crippen molar-refractivity contribution < 1.29 is 14.7 Å². The van der Waals surface area contributed by atoms with Crippen LogP contribution in [0.4, 0.5) is 0 Å². The fourth-order valence-corrected chi connectivity index (χ4v) is 2.10. The van der Waals surface area contributed by atoms with Crippen LogP contribution in [0.2, 0.25) is 0 Å². The fraction of sp³-hybridized carbons (Fsp3) is 0.333. The molecule has 0 aromatic heterocycles. The molecule has 0 bridgehead atoms. The van der Waals surface area contributed by atoms with Gasteiger partial charge in [-0.2, -0.15) is 0 Å². The molecule has 0 unspecified atom stereocenters. The number of amides is 2. The van der Waals surface area contributed by atoms with E-state index in [1.165, 1.54) is 4.90 Å². The third-order valence-electron chi connectivity index (χ3n) is 3.03. The molecule has 1 aliphatic heterocycles. The maximum Gasteiger partial charge on any atom is 0.261 e. The van der Waals surface area contributed by atoms with E-state index in [-0.39, 0.29) is 18.4 Å². The third kappa shape index (κ3) is 2.51. The van der Waals surface area contributed by atoms with Gasteiger partial charge in [0.15, 0.2) is 0 Å². The van der Waals surface area contributed by atoms with Crippen molar-refractivity contribution in [2.24, 2.45) is 0 Å². The number of imide groups is 1. The highest BCUT2D eigenvalue weighted by Gasteiger charge is 2.34. The summed E-state index contributed by atoms with van der Waals surface area (Å²) < 4.78 is 0. The Morgan fingerprint density at radius 1 is 1.16 bits per heavy atom. The maximum absolute atomic E-state index is 12.2. The number of aliphatic hydroxyl groups excluding tert-OH is 1. The first-order valence-corrected chi connectivity index (χ1v) is 6.23. The average Bonchev–Trinajstić information content (AvgIpc) is 2.64. The van der Waals surface area contributed by atoms with Crippen LogP contribution in [-0.4, -0.2) is 35.0 Å². The lowest BCUT2D eigenvalue weighted by Gasteiger charge is -2.12. The van der Waals surface area contributed by atoms with Crippen molar-refractivity contribution in [2.45, 2.75) is 19.8 Å². The Labute approximate surface area is 112 Å². The number of carbonyl (C=O) groups excluding carboxylic acids is 2. The summed E-state index contributed by atoms with van der Waals surface area (Å²) in [5, 5.41) is 8.74. The Morgan fingerprint density at radius 3 is 2.58 bits per heavy atom. The summed E-state index contributed by atoms with van der Waals surface area (Å²) in [7, 11) is 0. The maximum atomic E-state index is 12.2. The van der Waals surface area contributed by atoms with Gasteiger partial charge < -0.3 is 5.11 Å². The van der Waals surface area contributed by atoms with Crippen LogP contribution in [0.1, 0.15) is 46.0 Å². The minimum atomic E-state index is -0.266. The van der Waals surface area contributed by atoms with Gasteiger partial charge in [-0.15, -0.1) is 5.92 Å². The Morgan fingerprint density at radius 2 is 1.89 bits per heavy atom. The number of benzene rings is 1.